The third-order valence-corrected chi connectivity index (χ3v) is 2.45. The maximum Gasteiger partial charge on any atom is 0.329 e. The summed E-state index contributed by atoms with van der Waals surface area (Å²) in [5.41, 5.74) is 0.337. The van der Waals surface area contributed by atoms with Crippen LogP contribution in [0, 0.1) is 10.1 Å². The number of hydrogen-bond donors (Lipinski definition) is 2. The largest absolute Gasteiger partial charge is 0.497 e. The standard InChI is InChI=1S/C11H9ClN4O3.HIS/c1-19-8-4-2-3-7(5-8)14-10-9(16(17)18)6-13-11(12)15-10;1-2/h2-6H,1H3,(H,13,14,15);2H. The van der Waals surface area contributed by atoms with Gasteiger partial charge in [0.15, 0.2) is 0 Å². The number of hydrogen-bond acceptors (Lipinski definition) is 7. The lowest BCUT2D eigenvalue weighted by molar-refractivity contribution is -0.384. The van der Waals surface area contributed by atoms with E-state index in [0.29, 0.717) is 11.4 Å². The minimum Gasteiger partial charge on any atom is -0.497 e. The molecule has 0 saturated carbocycles. The van der Waals surface area contributed by atoms with Gasteiger partial charge in [-0.25, -0.2) is 4.98 Å². The molecule has 10 heteroatoms. The number of thiol groups is 1. The number of benzene rings is 1. The van der Waals surface area contributed by atoms with Crippen LogP contribution in [0.15, 0.2) is 30.5 Å². The Morgan fingerprint density at radius 2 is 2.19 bits per heavy atom. The molecule has 0 aliphatic rings. The van der Waals surface area contributed by atoms with Gasteiger partial charge in [0, 0.05) is 11.8 Å². The lowest BCUT2D eigenvalue weighted by Crippen LogP contribution is -2.01. The average Bonchev–Trinajstić information content (AvgIpc) is 2.49. The van der Waals surface area contributed by atoms with Crippen LogP contribution in [0.4, 0.5) is 17.2 Å². The third kappa shape index (κ3) is 5.17. The molecule has 2 rings (SSSR count). The molecular formula is C11H10ClIN4O3S. The van der Waals surface area contributed by atoms with E-state index in [2.05, 4.69) is 25.1 Å². The quantitative estimate of drug-likeness (QED) is 0.245. The van der Waals surface area contributed by atoms with Crippen molar-refractivity contribution in [1.82, 2.24) is 9.97 Å². The molecule has 0 bridgehead atoms. The molecule has 2 aromatic rings. The zero-order valence-corrected chi connectivity index (χ0v) is 14.5. The van der Waals surface area contributed by atoms with E-state index in [-0.39, 0.29) is 16.8 Å². The maximum absolute atomic E-state index is 10.9. The normalized spacial score (nSPS) is 9.33. The Labute approximate surface area is 143 Å². The fourth-order valence-corrected chi connectivity index (χ4v) is 1.55. The number of nitro groups is 1. The second kappa shape index (κ2) is 8.85. The summed E-state index contributed by atoms with van der Waals surface area (Å²) >= 11 is 7.48. The molecular weight excluding hydrogens is 431 g/mol. The molecule has 0 unspecified atom stereocenters. The van der Waals surface area contributed by atoms with Crippen LogP contribution in [0.25, 0.3) is 0 Å². The summed E-state index contributed by atoms with van der Waals surface area (Å²) in [5, 5.41) is 13.6. The summed E-state index contributed by atoms with van der Waals surface area (Å²) in [6.07, 6.45) is 1.05. The minimum absolute atomic E-state index is 0.0262. The summed E-state index contributed by atoms with van der Waals surface area (Å²) in [5.74, 6) is 0.644. The van der Waals surface area contributed by atoms with Crippen molar-refractivity contribution in [2.24, 2.45) is 0 Å². The van der Waals surface area contributed by atoms with Crippen LogP contribution in [-0.2, 0) is 0 Å². The number of ether oxygens (including phenoxy) is 1. The van der Waals surface area contributed by atoms with E-state index in [1.54, 1.807) is 24.3 Å². The number of aromatic nitrogens is 2. The second-order valence-corrected chi connectivity index (χ2v) is 3.83. The van der Waals surface area contributed by atoms with Crippen molar-refractivity contribution in [3.8, 4) is 5.75 Å². The molecule has 1 heterocycles. The fraction of sp³-hybridized carbons (Fsp3) is 0.0909. The number of halogens is 2. The number of anilines is 2. The van der Waals surface area contributed by atoms with Crippen molar-refractivity contribution >= 4 is 59.8 Å². The zero-order valence-electron chi connectivity index (χ0n) is 10.7. The SMILES string of the molecule is COc1cccc(Nc2nc(Cl)ncc2[N+](=O)[O-])c1.SI. The highest BCUT2D eigenvalue weighted by atomic mass is 127. The Morgan fingerprint density at radius 1 is 1.48 bits per heavy atom. The van der Waals surface area contributed by atoms with Gasteiger partial charge in [0.1, 0.15) is 11.9 Å². The average molecular weight is 441 g/mol. The molecule has 0 saturated heterocycles. The second-order valence-electron chi connectivity index (χ2n) is 3.49. The van der Waals surface area contributed by atoms with Crippen LogP contribution in [-0.4, -0.2) is 22.0 Å². The van der Waals surface area contributed by atoms with Gasteiger partial charge in [-0.3, -0.25) is 10.1 Å². The molecule has 7 nitrogen and oxygen atoms in total. The molecule has 1 aromatic heterocycles. The first-order valence-corrected chi connectivity index (χ1v) is 8.96. The highest BCUT2D eigenvalue weighted by Gasteiger charge is 2.17. The molecule has 1 N–H and O–H groups in total. The zero-order chi connectivity index (χ0) is 15.8. The predicted molar refractivity (Wildman–Crippen MR) is 93.0 cm³/mol. The van der Waals surface area contributed by atoms with E-state index in [1.165, 1.54) is 7.11 Å². The molecule has 0 fully saturated rings. The van der Waals surface area contributed by atoms with Crippen LogP contribution < -0.4 is 10.1 Å². The van der Waals surface area contributed by atoms with Crippen molar-refractivity contribution < 1.29 is 9.66 Å². The lowest BCUT2D eigenvalue weighted by Gasteiger charge is -2.07. The van der Waals surface area contributed by atoms with Crippen molar-refractivity contribution in [3.05, 3.63) is 45.9 Å². The van der Waals surface area contributed by atoms with Gasteiger partial charge >= 0.3 is 5.69 Å². The summed E-state index contributed by atoms with van der Waals surface area (Å²) in [6.45, 7) is 0. The van der Waals surface area contributed by atoms with Crippen LogP contribution in [0.3, 0.4) is 0 Å². The highest BCUT2D eigenvalue weighted by Crippen LogP contribution is 2.27. The first-order valence-electron chi connectivity index (χ1n) is 5.35. The van der Waals surface area contributed by atoms with Gasteiger partial charge in [0.05, 0.1) is 12.0 Å². The summed E-state index contributed by atoms with van der Waals surface area (Å²) in [6, 6.07) is 6.91. The monoisotopic (exact) mass is 440 g/mol. The molecule has 0 radical (unpaired) electrons. The van der Waals surface area contributed by atoms with Crippen molar-refractivity contribution in [2.45, 2.75) is 0 Å². The van der Waals surface area contributed by atoms with Gasteiger partial charge in [-0.05, 0) is 44.9 Å². The number of nitrogens with zero attached hydrogens (tertiary/aromatic N) is 3. The van der Waals surface area contributed by atoms with Gasteiger partial charge in [0.25, 0.3) is 0 Å². The predicted octanol–water partition coefficient (Wildman–Crippen LogP) is 4.06. The summed E-state index contributed by atoms with van der Waals surface area (Å²) < 4.78 is 5.06. The highest BCUT2D eigenvalue weighted by molar-refractivity contribution is 14.2. The van der Waals surface area contributed by atoms with E-state index in [4.69, 9.17) is 16.3 Å². The molecule has 0 aliphatic heterocycles. The molecule has 112 valence electrons. The van der Waals surface area contributed by atoms with Gasteiger partial charge in [-0.2, -0.15) is 4.98 Å². The minimum atomic E-state index is -0.584. The van der Waals surface area contributed by atoms with E-state index in [1.807, 2.05) is 21.2 Å². The van der Waals surface area contributed by atoms with Gasteiger partial charge in [-0.1, -0.05) is 6.07 Å². The van der Waals surface area contributed by atoms with E-state index >= 15 is 0 Å². The summed E-state index contributed by atoms with van der Waals surface area (Å²) in [7, 11) is 5.03. The Balaban J connectivity index is 0.00000106. The fourth-order valence-electron chi connectivity index (χ4n) is 1.42. The molecule has 0 aliphatic carbocycles. The van der Waals surface area contributed by atoms with Gasteiger partial charge in [0.2, 0.25) is 11.1 Å². The maximum atomic E-state index is 10.9. The van der Waals surface area contributed by atoms with Crippen LogP contribution >= 0.6 is 42.6 Å². The topological polar surface area (TPSA) is 90.2 Å². The first-order chi connectivity index (χ1) is 10.1. The lowest BCUT2D eigenvalue weighted by atomic mass is 10.3. The van der Waals surface area contributed by atoms with E-state index < -0.39 is 4.92 Å². The Kier molecular flexibility index (Phi) is 7.47. The Hall–Kier alpha value is -1.33. The van der Waals surface area contributed by atoms with Crippen molar-refractivity contribution in [2.75, 3.05) is 12.4 Å². The van der Waals surface area contributed by atoms with Gasteiger partial charge < -0.3 is 10.1 Å². The Bertz CT molecular complexity index is 632. The molecule has 0 spiro atoms. The molecule has 0 atom stereocenters. The molecule has 0 amide bonds. The van der Waals surface area contributed by atoms with Crippen molar-refractivity contribution in [3.63, 3.8) is 0 Å². The third-order valence-electron chi connectivity index (χ3n) is 2.27. The van der Waals surface area contributed by atoms with Gasteiger partial charge in [-0.15, -0.1) is 9.80 Å². The smallest absolute Gasteiger partial charge is 0.329 e. The molecule has 21 heavy (non-hydrogen) atoms. The number of nitrogens with one attached hydrogen (secondary N) is 1. The summed E-state index contributed by atoms with van der Waals surface area (Å²) in [4.78, 5) is 17.7. The van der Waals surface area contributed by atoms with E-state index in [9.17, 15) is 10.1 Å². The Morgan fingerprint density at radius 3 is 2.81 bits per heavy atom. The number of methoxy groups -OCH3 is 1. The van der Waals surface area contributed by atoms with Crippen molar-refractivity contribution in [1.29, 1.82) is 0 Å². The van der Waals surface area contributed by atoms with Crippen LogP contribution in [0.2, 0.25) is 5.28 Å². The van der Waals surface area contributed by atoms with Crippen LogP contribution in [0.1, 0.15) is 0 Å². The molecule has 1 aromatic carbocycles. The first kappa shape index (κ1) is 17.7. The van der Waals surface area contributed by atoms with E-state index in [0.717, 1.165) is 6.20 Å². The number of rotatable bonds is 4. The van der Waals surface area contributed by atoms with Crippen LogP contribution in [0.5, 0.6) is 5.75 Å².